The second-order valence-corrected chi connectivity index (χ2v) is 7.79. The van der Waals surface area contributed by atoms with Gasteiger partial charge in [0.05, 0.1) is 11.0 Å². The molecule has 0 fully saturated rings. The standard InChI is InChI=1S/C15H16ClN2O4P/c1-8(2)5-9-6-10(16)7-11-14(9)18-15(17-11)12-3-4-13(22-12)23(19,20)21/h3-4,6-8H,5H2,1-2H3,(H,17,18)(H2,19,20,21). The highest BCUT2D eigenvalue weighted by Crippen LogP contribution is 2.35. The van der Waals surface area contributed by atoms with Crippen molar-refractivity contribution in [1.82, 2.24) is 9.97 Å². The number of H-pyrrole nitrogens is 1. The van der Waals surface area contributed by atoms with Gasteiger partial charge in [-0.25, -0.2) is 4.98 Å². The van der Waals surface area contributed by atoms with Crippen LogP contribution in [0, 0.1) is 5.92 Å². The zero-order valence-electron chi connectivity index (χ0n) is 12.6. The van der Waals surface area contributed by atoms with Crippen LogP contribution >= 0.6 is 19.2 Å². The lowest BCUT2D eigenvalue weighted by Gasteiger charge is -2.06. The van der Waals surface area contributed by atoms with Gasteiger partial charge in [-0.05, 0) is 42.2 Å². The molecule has 2 heterocycles. The minimum atomic E-state index is -4.42. The van der Waals surface area contributed by atoms with E-state index in [4.69, 9.17) is 25.8 Å². The predicted octanol–water partition coefficient (Wildman–Crippen LogP) is 3.48. The first-order chi connectivity index (χ1) is 10.7. The Morgan fingerprint density at radius 2 is 2.09 bits per heavy atom. The van der Waals surface area contributed by atoms with Crippen LogP contribution in [-0.2, 0) is 11.0 Å². The number of fused-ring (bicyclic) bond motifs is 1. The van der Waals surface area contributed by atoms with Crippen molar-refractivity contribution in [2.24, 2.45) is 5.92 Å². The molecule has 2 aromatic heterocycles. The highest BCUT2D eigenvalue weighted by atomic mass is 35.5. The van der Waals surface area contributed by atoms with E-state index in [1.807, 2.05) is 6.07 Å². The zero-order valence-corrected chi connectivity index (χ0v) is 14.2. The van der Waals surface area contributed by atoms with Crippen LogP contribution in [0.5, 0.6) is 0 Å². The first kappa shape index (κ1) is 16.3. The van der Waals surface area contributed by atoms with Crippen molar-refractivity contribution in [2.75, 3.05) is 0 Å². The molecule has 0 atom stereocenters. The van der Waals surface area contributed by atoms with E-state index < -0.39 is 7.60 Å². The summed E-state index contributed by atoms with van der Waals surface area (Å²) in [5.74, 6) is 1.12. The monoisotopic (exact) mass is 354 g/mol. The summed E-state index contributed by atoms with van der Waals surface area (Å²) < 4.78 is 16.4. The molecule has 122 valence electrons. The molecule has 0 bridgehead atoms. The molecular weight excluding hydrogens is 339 g/mol. The number of hydrogen-bond donors (Lipinski definition) is 3. The molecule has 3 N–H and O–H groups in total. The predicted molar refractivity (Wildman–Crippen MR) is 89.0 cm³/mol. The van der Waals surface area contributed by atoms with E-state index >= 15 is 0 Å². The molecule has 0 spiro atoms. The molecule has 0 aliphatic heterocycles. The molecule has 6 nitrogen and oxygen atoms in total. The third-order valence-electron chi connectivity index (χ3n) is 3.37. The van der Waals surface area contributed by atoms with E-state index in [0.29, 0.717) is 16.8 Å². The zero-order chi connectivity index (χ0) is 16.8. The van der Waals surface area contributed by atoms with Crippen molar-refractivity contribution in [3.63, 3.8) is 0 Å². The van der Waals surface area contributed by atoms with Gasteiger partial charge in [-0.15, -0.1) is 0 Å². The number of nitrogens with one attached hydrogen (secondary N) is 1. The van der Waals surface area contributed by atoms with E-state index in [1.54, 1.807) is 6.07 Å². The third kappa shape index (κ3) is 3.35. The molecule has 3 aromatic rings. The number of furan rings is 1. The highest BCUT2D eigenvalue weighted by Gasteiger charge is 2.23. The lowest BCUT2D eigenvalue weighted by Crippen LogP contribution is -1.98. The number of aromatic amines is 1. The summed E-state index contributed by atoms with van der Waals surface area (Å²) in [5.41, 5.74) is 2.18. The number of imidazole rings is 1. The lowest BCUT2D eigenvalue weighted by atomic mass is 10.0. The van der Waals surface area contributed by atoms with Crippen molar-refractivity contribution in [2.45, 2.75) is 20.3 Å². The SMILES string of the molecule is CC(C)Cc1cc(Cl)cc2[nH]c(-c3ccc(P(=O)(O)O)o3)nc12. The molecule has 1 aromatic carbocycles. The molecule has 23 heavy (non-hydrogen) atoms. The number of benzene rings is 1. The molecule has 0 unspecified atom stereocenters. The van der Waals surface area contributed by atoms with Gasteiger partial charge in [-0.3, -0.25) is 4.57 Å². The molecule has 0 aliphatic rings. The van der Waals surface area contributed by atoms with Gasteiger partial charge < -0.3 is 19.2 Å². The molecule has 0 saturated heterocycles. The maximum atomic E-state index is 11.2. The fourth-order valence-electron chi connectivity index (χ4n) is 2.47. The smallest absolute Gasteiger partial charge is 0.391 e. The Hall–Kier alpha value is -1.59. The van der Waals surface area contributed by atoms with Gasteiger partial charge in [-0.2, -0.15) is 0 Å². The van der Waals surface area contributed by atoms with Crippen LogP contribution in [0.15, 0.2) is 28.7 Å². The van der Waals surface area contributed by atoms with E-state index in [9.17, 15) is 4.57 Å². The highest BCUT2D eigenvalue weighted by molar-refractivity contribution is 7.59. The average molecular weight is 355 g/mol. The molecule has 0 radical (unpaired) electrons. The van der Waals surface area contributed by atoms with Crippen LogP contribution in [0.3, 0.4) is 0 Å². The van der Waals surface area contributed by atoms with Crippen molar-refractivity contribution < 1.29 is 18.8 Å². The molecular formula is C15H16ClN2O4P. The Morgan fingerprint density at radius 1 is 1.35 bits per heavy atom. The van der Waals surface area contributed by atoms with E-state index in [-0.39, 0.29) is 11.3 Å². The summed E-state index contributed by atoms with van der Waals surface area (Å²) in [6, 6.07) is 6.39. The molecule has 8 heteroatoms. The van der Waals surface area contributed by atoms with Gasteiger partial charge >= 0.3 is 7.60 Å². The number of hydrogen-bond acceptors (Lipinski definition) is 3. The average Bonchev–Trinajstić information content (AvgIpc) is 3.01. The van der Waals surface area contributed by atoms with Crippen molar-refractivity contribution in [1.29, 1.82) is 0 Å². The Labute approximate surface area is 137 Å². The van der Waals surface area contributed by atoms with Crippen LogP contribution in [0.4, 0.5) is 0 Å². The Bertz CT molecular complexity index is 909. The van der Waals surface area contributed by atoms with Gasteiger partial charge in [0.2, 0.25) is 5.50 Å². The van der Waals surface area contributed by atoms with Crippen LogP contribution < -0.4 is 5.50 Å². The topological polar surface area (TPSA) is 99.4 Å². The van der Waals surface area contributed by atoms with E-state index in [1.165, 1.54) is 12.1 Å². The van der Waals surface area contributed by atoms with Crippen molar-refractivity contribution in [3.05, 3.63) is 34.9 Å². The molecule has 0 saturated carbocycles. The Balaban J connectivity index is 2.09. The van der Waals surface area contributed by atoms with E-state index in [2.05, 4.69) is 23.8 Å². The quantitative estimate of drug-likeness (QED) is 0.623. The second-order valence-electron chi connectivity index (χ2n) is 5.83. The van der Waals surface area contributed by atoms with Gasteiger partial charge in [-0.1, -0.05) is 25.4 Å². The number of rotatable bonds is 4. The van der Waals surface area contributed by atoms with Crippen LogP contribution in [0.2, 0.25) is 5.02 Å². The summed E-state index contributed by atoms with van der Waals surface area (Å²) in [5, 5.41) is 0.610. The van der Waals surface area contributed by atoms with Gasteiger partial charge in [0.15, 0.2) is 11.6 Å². The summed E-state index contributed by atoms with van der Waals surface area (Å²) >= 11 is 6.15. The van der Waals surface area contributed by atoms with E-state index in [0.717, 1.165) is 23.0 Å². The number of halogens is 1. The van der Waals surface area contributed by atoms with Gasteiger partial charge in [0.25, 0.3) is 0 Å². The normalized spacial score (nSPS) is 12.4. The van der Waals surface area contributed by atoms with Gasteiger partial charge in [0.1, 0.15) is 0 Å². The molecule has 0 amide bonds. The largest absolute Gasteiger partial charge is 0.445 e. The number of aromatic nitrogens is 2. The summed E-state index contributed by atoms with van der Waals surface area (Å²) in [4.78, 5) is 25.9. The maximum absolute atomic E-state index is 11.2. The van der Waals surface area contributed by atoms with Crippen LogP contribution in [-0.4, -0.2) is 19.8 Å². The fraction of sp³-hybridized carbons (Fsp3) is 0.267. The Kier molecular flexibility index (Phi) is 4.10. The maximum Gasteiger partial charge on any atom is 0.391 e. The van der Waals surface area contributed by atoms with Gasteiger partial charge in [0, 0.05) is 5.02 Å². The summed E-state index contributed by atoms with van der Waals surface area (Å²) in [6.45, 7) is 4.22. The fourth-order valence-corrected chi connectivity index (χ4v) is 3.20. The minimum absolute atomic E-state index is 0.270. The number of nitrogens with zero attached hydrogens (tertiary/aromatic N) is 1. The lowest BCUT2D eigenvalue weighted by molar-refractivity contribution is 0.377. The first-order valence-corrected chi connectivity index (χ1v) is 9.07. The summed E-state index contributed by atoms with van der Waals surface area (Å²) in [7, 11) is -4.42. The first-order valence-electron chi connectivity index (χ1n) is 7.08. The van der Waals surface area contributed by atoms with Crippen LogP contribution in [0.25, 0.3) is 22.6 Å². The molecule has 0 aliphatic carbocycles. The second kappa shape index (κ2) is 5.80. The third-order valence-corrected chi connectivity index (χ3v) is 4.40. The Morgan fingerprint density at radius 3 is 2.70 bits per heavy atom. The van der Waals surface area contributed by atoms with Crippen molar-refractivity contribution >= 4 is 35.7 Å². The minimum Gasteiger partial charge on any atom is -0.445 e. The summed E-state index contributed by atoms with van der Waals surface area (Å²) in [6.07, 6.45) is 0.827. The van der Waals surface area contributed by atoms with Crippen LogP contribution in [0.1, 0.15) is 19.4 Å². The van der Waals surface area contributed by atoms with Crippen molar-refractivity contribution in [3.8, 4) is 11.6 Å². The molecule has 3 rings (SSSR count).